The summed E-state index contributed by atoms with van der Waals surface area (Å²) < 4.78 is 5.11. The first-order valence-corrected chi connectivity index (χ1v) is 7.28. The van der Waals surface area contributed by atoms with E-state index in [1.807, 2.05) is 42.5 Å². The van der Waals surface area contributed by atoms with Crippen molar-refractivity contribution in [3.63, 3.8) is 0 Å². The Kier molecular flexibility index (Phi) is 6.13. The monoisotopic (exact) mass is 299 g/mol. The average Bonchev–Trinajstić information content (AvgIpc) is 2.56. The second kappa shape index (κ2) is 8.32. The molecule has 0 saturated carbocycles. The molecule has 0 fully saturated rings. The van der Waals surface area contributed by atoms with Gasteiger partial charge < -0.3 is 15.2 Å². The lowest BCUT2D eigenvalue weighted by Gasteiger charge is -2.10. The summed E-state index contributed by atoms with van der Waals surface area (Å²) in [6.45, 7) is 1.04. The van der Waals surface area contributed by atoms with E-state index in [1.165, 1.54) is 0 Å². The number of aliphatic hydroxyl groups excluding tert-OH is 1. The Balaban J connectivity index is 1.89. The molecule has 0 heterocycles. The largest absolute Gasteiger partial charge is 0.392 e. The molecule has 0 saturated heterocycles. The first kappa shape index (κ1) is 16.2. The van der Waals surface area contributed by atoms with Crippen molar-refractivity contribution in [2.45, 2.75) is 19.6 Å². The molecule has 2 aromatic rings. The van der Waals surface area contributed by atoms with Crippen LogP contribution < -0.4 is 5.32 Å². The number of hydrogen-bond donors (Lipinski definition) is 2. The third kappa shape index (κ3) is 4.41. The van der Waals surface area contributed by atoms with Gasteiger partial charge >= 0.3 is 0 Å². The number of amides is 1. The Hall–Kier alpha value is -2.17. The molecule has 0 radical (unpaired) electrons. The van der Waals surface area contributed by atoms with Crippen LogP contribution in [0.15, 0.2) is 48.5 Å². The predicted octanol–water partition coefficient (Wildman–Crippen LogP) is 2.30. The van der Waals surface area contributed by atoms with Crippen LogP contribution in [0.4, 0.5) is 0 Å². The summed E-state index contributed by atoms with van der Waals surface area (Å²) in [4.78, 5) is 12.2. The third-order valence-electron chi connectivity index (χ3n) is 3.47. The van der Waals surface area contributed by atoms with Gasteiger partial charge in [-0.2, -0.15) is 0 Å². The summed E-state index contributed by atoms with van der Waals surface area (Å²) in [6, 6.07) is 15.2. The minimum atomic E-state index is -0.0837. The van der Waals surface area contributed by atoms with Crippen molar-refractivity contribution >= 4 is 5.91 Å². The van der Waals surface area contributed by atoms with E-state index in [-0.39, 0.29) is 12.5 Å². The van der Waals surface area contributed by atoms with Gasteiger partial charge in [0.2, 0.25) is 0 Å². The standard InChI is InChI=1S/C18H21NO3/c1-22-13-16-4-2-3-5-17(16)18(21)19-11-10-14-6-8-15(12-20)9-7-14/h2-9,20H,10-13H2,1H3,(H,19,21). The van der Waals surface area contributed by atoms with E-state index < -0.39 is 0 Å². The van der Waals surface area contributed by atoms with Gasteiger partial charge in [-0.1, -0.05) is 42.5 Å². The maximum absolute atomic E-state index is 12.2. The van der Waals surface area contributed by atoms with Crippen molar-refractivity contribution < 1.29 is 14.6 Å². The van der Waals surface area contributed by atoms with Crippen molar-refractivity contribution in [1.82, 2.24) is 5.32 Å². The van der Waals surface area contributed by atoms with Crippen LogP contribution in [0.1, 0.15) is 27.0 Å². The van der Waals surface area contributed by atoms with E-state index >= 15 is 0 Å². The molecular weight excluding hydrogens is 278 g/mol. The van der Waals surface area contributed by atoms with E-state index in [9.17, 15) is 4.79 Å². The Morgan fingerprint density at radius 1 is 1.09 bits per heavy atom. The van der Waals surface area contributed by atoms with Crippen molar-refractivity contribution in [3.05, 3.63) is 70.8 Å². The minimum Gasteiger partial charge on any atom is -0.392 e. The van der Waals surface area contributed by atoms with Crippen LogP contribution in [0.25, 0.3) is 0 Å². The normalized spacial score (nSPS) is 10.5. The summed E-state index contributed by atoms with van der Waals surface area (Å²) in [5.41, 5.74) is 3.55. The molecule has 0 bridgehead atoms. The zero-order chi connectivity index (χ0) is 15.8. The van der Waals surface area contributed by atoms with Crippen molar-refractivity contribution in [1.29, 1.82) is 0 Å². The fraction of sp³-hybridized carbons (Fsp3) is 0.278. The molecule has 1 amide bonds. The predicted molar refractivity (Wildman–Crippen MR) is 85.6 cm³/mol. The Labute approximate surface area is 130 Å². The summed E-state index contributed by atoms with van der Waals surface area (Å²) >= 11 is 0. The lowest BCUT2D eigenvalue weighted by molar-refractivity contribution is 0.0949. The van der Waals surface area contributed by atoms with Crippen LogP contribution in [0.3, 0.4) is 0 Å². The van der Waals surface area contributed by atoms with E-state index in [0.29, 0.717) is 18.7 Å². The van der Waals surface area contributed by atoms with Gasteiger partial charge in [-0.3, -0.25) is 4.79 Å². The third-order valence-corrected chi connectivity index (χ3v) is 3.47. The maximum atomic E-state index is 12.2. The molecule has 2 N–H and O–H groups in total. The first-order chi connectivity index (χ1) is 10.7. The second-order valence-electron chi connectivity index (χ2n) is 5.07. The van der Waals surface area contributed by atoms with Crippen molar-refractivity contribution in [2.75, 3.05) is 13.7 Å². The molecule has 0 aliphatic carbocycles. The highest BCUT2D eigenvalue weighted by atomic mass is 16.5. The van der Waals surface area contributed by atoms with Crippen molar-refractivity contribution in [3.8, 4) is 0 Å². The zero-order valence-electron chi connectivity index (χ0n) is 12.7. The molecule has 0 aromatic heterocycles. The molecule has 22 heavy (non-hydrogen) atoms. The molecule has 4 heteroatoms. The lowest BCUT2D eigenvalue weighted by atomic mass is 10.1. The van der Waals surface area contributed by atoms with Crippen LogP contribution in [-0.2, 0) is 24.4 Å². The summed E-state index contributed by atoms with van der Waals surface area (Å²) in [6.07, 6.45) is 0.754. The fourth-order valence-electron chi connectivity index (χ4n) is 2.25. The minimum absolute atomic E-state index is 0.0489. The van der Waals surface area contributed by atoms with Gasteiger partial charge in [-0.15, -0.1) is 0 Å². The molecule has 2 aromatic carbocycles. The molecular formula is C18H21NO3. The Morgan fingerprint density at radius 3 is 2.45 bits per heavy atom. The average molecular weight is 299 g/mol. The molecule has 0 atom stereocenters. The fourth-order valence-corrected chi connectivity index (χ4v) is 2.25. The number of rotatable bonds is 7. The number of nitrogens with one attached hydrogen (secondary N) is 1. The second-order valence-corrected chi connectivity index (χ2v) is 5.07. The molecule has 116 valence electrons. The van der Waals surface area contributed by atoms with Gasteiger partial charge in [0.25, 0.3) is 5.91 Å². The number of benzene rings is 2. The highest BCUT2D eigenvalue weighted by Gasteiger charge is 2.09. The highest BCUT2D eigenvalue weighted by molar-refractivity contribution is 5.95. The number of carbonyl (C=O) groups is 1. The van der Waals surface area contributed by atoms with Crippen LogP contribution in [0, 0.1) is 0 Å². The number of methoxy groups -OCH3 is 1. The zero-order valence-corrected chi connectivity index (χ0v) is 12.7. The topological polar surface area (TPSA) is 58.6 Å². The van der Waals surface area contributed by atoms with Crippen LogP contribution >= 0.6 is 0 Å². The van der Waals surface area contributed by atoms with E-state index in [2.05, 4.69) is 5.32 Å². The number of aliphatic hydroxyl groups is 1. The smallest absolute Gasteiger partial charge is 0.251 e. The molecule has 0 unspecified atom stereocenters. The van der Waals surface area contributed by atoms with Crippen molar-refractivity contribution in [2.24, 2.45) is 0 Å². The summed E-state index contributed by atoms with van der Waals surface area (Å²) in [5, 5.41) is 11.9. The van der Waals surface area contributed by atoms with Gasteiger partial charge in [0.1, 0.15) is 0 Å². The quantitative estimate of drug-likeness (QED) is 0.825. The van der Waals surface area contributed by atoms with E-state index in [4.69, 9.17) is 9.84 Å². The van der Waals surface area contributed by atoms with E-state index in [1.54, 1.807) is 13.2 Å². The number of ether oxygens (including phenoxy) is 1. The van der Waals surface area contributed by atoms with Crippen LogP contribution in [0.2, 0.25) is 0 Å². The summed E-state index contributed by atoms with van der Waals surface area (Å²) in [7, 11) is 1.62. The Bertz CT molecular complexity index is 608. The van der Waals surface area contributed by atoms with Gasteiger partial charge in [-0.25, -0.2) is 0 Å². The first-order valence-electron chi connectivity index (χ1n) is 7.28. The van der Waals surface area contributed by atoms with Crippen LogP contribution in [0.5, 0.6) is 0 Å². The molecule has 0 spiro atoms. The van der Waals surface area contributed by atoms with Gasteiger partial charge in [0.15, 0.2) is 0 Å². The van der Waals surface area contributed by atoms with Crippen LogP contribution in [-0.4, -0.2) is 24.7 Å². The lowest BCUT2D eigenvalue weighted by Crippen LogP contribution is -2.26. The van der Waals surface area contributed by atoms with Gasteiger partial charge in [0, 0.05) is 19.2 Å². The number of carbonyl (C=O) groups excluding carboxylic acids is 1. The summed E-state index contributed by atoms with van der Waals surface area (Å²) in [5.74, 6) is -0.0837. The number of hydrogen-bond acceptors (Lipinski definition) is 3. The SMILES string of the molecule is COCc1ccccc1C(=O)NCCc1ccc(CO)cc1. The molecule has 0 aliphatic rings. The van der Waals surface area contributed by atoms with E-state index in [0.717, 1.165) is 23.1 Å². The molecule has 0 aliphatic heterocycles. The molecule has 2 rings (SSSR count). The Morgan fingerprint density at radius 2 is 1.77 bits per heavy atom. The van der Waals surface area contributed by atoms with Gasteiger partial charge in [-0.05, 0) is 29.2 Å². The highest BCUT2D eigenvalue weighted by Crippen LogP contribution is 2.10. The molecule has 4 nitrogen and oxygen atoms in total. The maximum Gasteiger partial charge on any atom is 0.251 e. The van der Waals surface area contributed by atoms with Gasteiger partial charge in [0.05, 0.1) is 13.2 Å².